The van der Waals surface area contributed by atoms with Gasteiger partial charge in [-0.3, -0.25) is 4.90 Å². The molecular weight excluding hydrogens is 216 g/mol. The molecular formula is C12H20N4O. The predicted molar refractivity (Wildman–Crippen MR) is 66.8 cm³/mol. The summed E-state index contributed by atoms with van der Waals surface area (Å²) in [4.78, 5) is 11.1. The fourth-order valence-corrected chi connectivity index (χ4v) is 2.13. The lowest BCUT2D eigenvalue weighted by Crippen LogP contribution is -2.23. The third-order valence-corrected chi connectivity index (χ3v) is 2.87. The van der Waals surface area contributed by atoms with Crippen LogP contribution in [0.15, 0.2) is 6.07 Å². The maximum Gasteiger partial charge on any atom is 0.144 e. The average molecular weight is 236 g/mol. The van der Waals surface area contributed by atoms with Crippen LogP contribution in [0.25, 0.3) is 0 Å². The number of aromatic nitrogens is 2. The molecule has 0 spiro atoms. The number of nitrogens with one attached hydrogen (secondary N) is 1. The molecule has 1 aliphatic heterocycles. The minimum Gasteiger partial charge on any atom is -0.392 e. The van der Waals surface area contributed by atoms with Crippen molar-refractivity contribution in [2.24, 2.45) is 0 Å². The summed E-state index contributed by atoms with van der Waals surface area (Å²) in [5.74, 6) is 1.71. The molecule has 0 bridgehead atoms. The summed E-state index contributed by atoms with van der Waals surface area (Å²) in [6.07, 6.45) is 0.666. The number of anilines is 1. The Morgan fingerprint density at radius 2 is 2.35 bits per heavy atom. The number of hydrogen-bond acceptors (Lipinski definition) is 5. The van der Waals surface area contributed by atoms with Gasteiger partial charge in [0.1, 0.15) is 11.6 Å². The lowest BCUT2D eigenvalue weighted by atomic mass is 10.3. The summed E-state index contributed by atoms with van der Waals surface area (Å²) < 4.78 is 0. The van der Waals surface area contributed by atoms with Crippen LogP contribution in [0.1, 0.15) is 24.9 Å². The Morgan fingerprint density at radius 3 is 3.00 bits per heavy atom. The van der Waals surface area contributed by atoms with E-state index in [0.29, 0.717) is 0 Å². The number of aliphatic hydroxyl groups excluding tert-OH is 1. The fourth-order valence-electron chi connectivity index (χ4n) is 2.13. The molecule has 1 atom stereocenters. The van der Waals surface area contributed by atoms with Gasteiger partial charge in [-0.15, -0.1) is 0 Å². The zero-order chi connectivity index (χ0) is 12.3. The largest absolute Gasteiger partial charge is 0.392 e. The Kier molecular flexibility index (Phi) is 3.91. The van der Waals surface area contributed by atoms with E-state index >= 15 is 0 Å². The van der Waals surface area contributed by atoms with Gasteiger partial charge >= 0.3 is 0 Å². The van der Waals surface area contributed by atoms with Gasteiger partial charge in [0.05, 0.1) is 12.6 Å². The second-order valence-electron chi connectivity index (χ2n) is 4.52. The van der Waals surface area contributed by atoms with E-state index in [1.54, 1.807) is 0 Å². The molecule has 2 N–H and O–H groups in total. The SMILES string of the molecule is CCNc1cc(C)nc(CN2CCC(O)C2)n1. The summed E-state index contributed by atoms with van der Waals surface area (Å²) >= 11 is 0. The third kappa shape index (κ3) is 3.38. The second kappa shape index (κ2) is 5.42. The van der Waals surface area contributed by atoms with Crippen molar-refractivity contribution in [1.82, 2.24) is 14.9 Å². The number of nitrogens with zero attached hydrogens (tertiary/aromatic N) is 3. The molecule has 1 saturated heterocycles. The van der Waals surface area contributed by atoms with Crippen molar-refractivity contribution in [3.8, 4) is 0 Å². The summed E-state index contributed by atoms with van der Waals surface area (Å²) in [6, 6.07) is 1.95. The molecule has 1 unspecified atom stereocenters. The highest BCUT2D eigenvalue weighted by Crippen LogP contribution is 2.13. The Bertz CT molecular complexity index is 383. The number of likely N-dealkylation sites (tertiary alicyclic amines) is 1. The summed E-state index contributed by atoms with van der Waals surface area (Å²) in [6.45, 7) is 7.26. The zero-order valence-electron chi connectivity index (χ0n) is 10.5. The lowest BCUT2D eigenvalue weighted by molar-refractivity contribution is 0.174. The van der Waals surface area contributed by atoms with Crippen LogP contribution in [0.5, 0.6) is 0 Å². The predicted octanol–water partition coefficient (Wildman–Crippen LogP) is 0.783. The molecule has 2 heterocycles. The van der Waals surface area contributed by atoms with Crippen molar-refractivity contribution < 1.29 is 5.11 Å². The number of β-amino-alcohol motifs (C(OH)–C–C–N with tert-alkyl or cyclic N) is 1. The van der Waals surface area contributed by atoms with Crippen LogP contribution in [0.4, 0.5) is 5.82 Å². The van der Waals surface area contributed by atoms with Gasteiger partial charge in [-0.2, -0.15) is 0 Å². The molecule has 94 valence electrons. The van der Waals surface area contributed by atoms with Gasteiger partial charge in [-0.1, -0.05) is 0 Å². The van der Waals surface area contributed by atoms with Crippen LogP contribution in [0.2, 0.25) is 0 Å². The van der Waals surface area contributed by atoms with Crippen molar-refractivity contribution in [2.75, 3.05) is 25.0 Å². The van der Waals surface area contributed by atoms with E-state index in [1.807, 2.05) is 19.9 Å². The number of hydrogen-bond donors (Lipinski definition) is 2. The molecule has 0 saturated carbocycles. The number of rotatable bonds is 4. The first kappa shape index (κ1) is 12.3. The van der Waals surface area contributed by atoms with E-state index < -0.39 is 0 Å². The Hall–Kier alpha value is -1.20. The topological polar surface area (TPSA) is 61.3 Å². The average Bonchev–Trinajstić information content (AvgIpc) is 2.63. The van der Waals surface area contributed by atoms with Crippen molar-refractivity contribution in [3.63, 3.8) is 0 Å². The monoisotopic (exact) mass is 236 g/mol. The molecule has 0 radical (unpaired) electrons. The van der Waals surface area contributed by atoms with Gasteiger partial charge < -0.3 is 10.4 Å². The van der Waals surface area contributed by atoms with E-state index in [9.17, 15) is 5.11 Å². The molecule has 2 rings (SSSR count). The van der Waals surface area contributed by atoms with Crippen LogP contribution in [-0.2, 0) is 6.54 Å². The highest BCUT2D eigenvalue weighted by molar-refractivity contribution is 5.35. The van der Waals surface area contributed by atoms with Crippen molar-refractivity contribution in [3.05, 3.63) is 17.6 Å². The quantitative estimate of drug-likeness (QED) is 0.809. The minimum absolute atomic E-state index is 0.187. The van der Waals surface area contributed by atoms with Crippen molar-refractivity contribution in [1.29, 1.82) is 0 Å². The van der Waals surface area contributed by atoms with Gasteiger partial charge in [0.25, 0.3) is 0 Å². The molecule has 1 aliphatic rings. The van der Waals surface area contributed by atoms with E-state index in [-0.39, 0.29) is 6.10 Å². The zero-order valence-corrected chi connectivity index (χ0v) is 10.5. The van der Waals surface area contributed by atoms with Crippen LogP contribution < -0.4 is 5.32 Å². The van der Waals surface area contributed by atoms with Crippen LogP contribution in [-0.4, -0.2) is 45.7 Å². The molecule has 0 aliphatic carbocycles. The molecule has 0 amide bonds. The Labute approximate surface area is 102 Å². The molecule has 1 aromatic heterocycles. The first-order chi connectivity index (χ1) is 8.17. The lowest BCUT2D eigenvalue weighted by Gasteiger charge is -2.14. The molecule has 17 heavy (non-hydrogen) atoms. The van der Waals surface area contributed by atoms with Gasteiger partial charge in [-0.25, -0.2) is 9.97 Å². The van der Waals surface area contributed by atoms with Crippen molar-refractivity contribution in [2.45, 2.75) is 32.9 Å². The van der Waals surface area contributed by atoms with E-state index in [4.69, 9.17) is 0 Å². The highest BCUT2D eigenvalue weighted by atomic mass is 16.3. The minimum atomic E-state index is -0.187. The van der Waals surface area contributed by atoms with Gasteiger partial charge in [0.15, 0.2) is 0 Å². The summed E-state index contributed by atoms with van der Waals surface area (Å²) in [5, 5.41) is 12.7. The van der Waals surface area contributed by atoms with E-state index in [2.05, 4.69) is 20.2 Å². The smallest absolute Gasteiger partial charge is 0.144 e. The highest BCUT2D eigenvalue weighted by Gasteiger charge is 2.20. The van der Waals surface area contributed by atoms with Crippen LogP contribution in [0.3, 0.4) is 0 Å². The van der Waals surface area contributed by atoms with Crippen LogP contribution >= 0.6 is 0 Å². The molecule has 5 heteroatoms. The van der Waals surface area contributed by atoms with Gasteiger partial charge in [0.2, 0.25) is 0 Å². The van der Waals surface area contributed by atoms with Crippen LogP contribution in [0, 0.1) is 6.92 Å². The first-order valence-corrected chi connectivity index (χ1v) is 6.16. The maximum atomic E-state index is 9.48. The van der Waals surface area contributed by atoms with E-state index in [0.717, 1.165) is 49.9 Å². The molecule has 5 nitrogen and oxygen atoms in total. The Morgan fingerprint density at radius 1 is 1.53 bits per heavy atom. The van der Waals surface area contributed by atoms with Crippen molar-refractivity contribution >= 4 is 5.82 Å². The molecule has 1 aromatic rings. The van der Waals surface area contributed by atoms with E-state index in [1.165, 1.54) is 0 Å². The molecule has 0 aromatic carbocycles. The summed E-state index contributed by atoms with van der Waals surface area (Å²) in [7, 11) is 0. The number of aliphatic hydroxyl groups is 1. The normalized spacial score (nSPS) is 20.8. The summed E-state index contributed by atoms with van der Waals surface area (Å²) in [5.41, 5.74) is 0.977. The Balaban J connectivity index is 2.04. The second-order valence-corrected chi connectivity index (χ2v) is 4.52. The number of aryl methyl sites for hydroxylation is 1. The maximum absolute atomic E-state index is 9.48. The van der Waals surface area contributed by atoms with Gasteiger partial charge in [-0.05, 0) is 20.3 Å². The fraction of sp³-hybridized carbons (Fsp3) is 0.667. The third-order valence-electron chi connectivity index (χ3n) is 2.87. The molecule has 1 fully saturated rings. The first-order valence-electron chi connectivity index (χ1n) is 6.16. The van der Waals surface area contributed by atoms with Gasteiger partial charge in [0, 0.05) is 31.4 Å². The standard InChI is InChI=1S/C12H20N4O/c1-3-13-11-6-9(2)14-12(15-11)8-16-5-4-10(17)7-16/h6,10,17H,3-5,7-8H2,1-2H3,(H,13,14,15).